The molecule has 3 N–H and O–H groups in total. The van der Waals surface area contributed by atoms with Crippen LogP contribution in [0.15, 0.2) is 29.7 Å². The maximum Gasteiger partial charge on any atom is 0.175 e. The maximum atomic E-state index is 8.99. The molecule has 0 aliphatic carbocycles. The number of hydrogen-bond acceptors (Lipinski definition) is 5. The van der Waals surface area contributed by atoms with E-state index in [4.69, 9.17) is 10.9 Å². The van der Waals surface area contributed by atoms with Crippen LogP contribution >= 0.6 is 0 Å². The average molecular weight is 288 g/mol. The van der Waals surface area contributed by atoms with Gasteiger partial charge in [-0.25, -0.2) is 0 Å². The lowest BCUT2D eigenvalue weighted by molar-refractivity contribution is 0.318. The highest BCUT2D eigenvalue weighted by atomic mass is 16.4. The SMILES string of the molecule is CCN(Cc1ccncc1)c1c(C(N)=NO)c(C)nn1C. The van der Waals surface area contributed by atoms with Crippen molar-refractivity contribution in [3.8, 4) is 0 Å². The van der Waals surface area contributed by atoms with Crippen molar-refractivity contribution in [3.63, 3.8) is 0 Å². The summed E-state index contributed by atoms with van der Waals surface area (Å²) in [6.45, 7) is 5.37. The van der Waals surface area contributed by atoms with E-state index < -0.39 is 0 Å². The molecule has 0 radical (unpaired) electrons. The van der Waals surface area contributed by atoms with E-state index in [1.165, 1.54) is 0 Å². The molecule has 0 aliphatic rings. The summed E-state index contributed by atoms with van der Waals surface area (Å²) in [5, 5.41) is 16.5. The van der Waals surface area contributed by atoms with E-state index in [1.807, 2.05) is 26.1 Å². The van der Waals surface area contributed by atoms with Gasteiger partial charge in [-0.15, -0.1) is 0 Å². The fourth-order valence-electron chi connectivity index (χ4n) is 2.40. The second-order valence-electron chi connectivity index (χ2n) is 4.76. The summed E-state index contributed by atoms with van der Waals surface area (Å²) in [6.07, 6.45) is 3.53. The number of anilines is 1. The predicted molar refractivity (Wildman–Crippen MR) is 81.4 cm³/mol. The summed E-state index contributed by atoms with van der Waals surface area (Å²) < 4.78 is 1.76. The summed E-state index contributed by atoms with van der Waals surface area (Å²) in [6, 6.07) is 3.93. The molecule has 7 nitrogen and oxygen atoms in total. The molecule has 2 aromatic heterocycles. The van der Waals surface area contributed by atoms with Gasteiger partial charge in [-0.1, -0.05) is 5.16 Å². The van der Waals surface area contributed by atoms with Crippen LogP contribution in [0.1, 0.15) is 23.7 Å². The van der Waals surface area contributed by atoms with Crippen LogP contribution in [0.5, 0.6) is 0 Å². The van der Waals surface area contributed by atoms with Crippen LogP contribution in [-0.2, 0) is 13.6 Å². The number of oxime groups is 1. The van der Waals surface area contributed by atoms with Gasteiger partial charge in [0, 0.05) is 32.5 Å². The van der Waals surface area contributed by atoms with E-state index in [-0.39, 0.29) is 5.84 Å². The van der Waals surface area contributed by atoms with Gasteiger partial charge in [-0.05, 0) is 31.5 Å². The number of amidine groups is 1. The Morgan fingerprint density at radius 2 is 2.10 bits per heavy atom. The first-order chi connectivity index (χ1) is 10.1. The van der Waals surface area contributed by atoms with Gasteiger partial charge in [0.05, 0.1) is 11.3 Å². The molecular weight excluding hydrogens is 268 g/mol. The standard InChI is InChI=1S/C14H20N6O/c1-4-20(9-11-5-7-16-8-6-11)14-12(13(15)18-21)10(2)17-19(14)3/h5-8,21H,4,9H2,1-3H3,(H2,15,18). The van der Waals surface area contributed by atoms with E-state index in [9.17, 15) is 0 Å². The summed E-state index contributed by atoms with van der Waals surface area (Å²) in [5.74, 6) is 0.908. The Balaban J connectivity index is 2.43. The van der Waals surface area contributed by atoms with Crippen LogP contribution in [-0.4, -0.2) is 32.4 Å². The van der Waals surface area contributed by atoms with Gasteiger partial charge in [0.2, 0.25) is 0 Å². The molecule has 2 rings (SSSR count). The Morgan fingerprint density at radius 3 is 2.67 bits per heavy atom. The summed E-state index contributed by atoms with van der Waals surface area (Å²) >= 11 is 0. The predicted octanol–water partition coefficient (Wildman–Crippen LogP) is 1.24. The normalized spacial score (nSPS) is 11.7. The molecule has 0 fully saturated rings. The maximum absolute atomic E-state index is 8.99. The van der Waals surface area contributed by atoms with Crippen molar-refractivity contribution < 1.29 is 5.21 Å². The monoisotopic (exact) mass is 288 g/mol. The van der Waals surface area contributed by atoms with Crippen molar-refractivity contribution in [3.05, 3.63) is 41.3 Å². The van der Waals surface area contributed by atoms with Crippen LogP contribution in [0.4, 0.5) is 5.82 Å². The molecule has 0 bridgehead atoms. The molecule has 21 heavy (non-hydrogen) atoms. The van der Waals surface area contributed by atoms with Crippen molar-refractivity contribution in [1.82, 2.24) is 14.8 Å². The van der Waals surface area contributed by atoms with E-state index >= 15 is 0 Å². The lowest BCUT2D eigenvalue weighted by Gasteiger charge is -2.24. The van der Waals surface area contributed by atoms with Crippen molar-refractivity contribution in [2.45, 2.75) is 20.4 Å². The van der Waals surface area contributed by atoms with Crippen LogP contribution < -0.4 is 10.6 Å². The van der Waals surface area contributed by atoms with E-state index in [0.29, 0.717) is 12.1 Å². The highest BCUT2D eigenvalue weighted by Gasteiger charge is 2.21. The van der Waals surface area contributed by atoms with E-state index in [0.717, 1.165) is 23.6 Å². The second kappa shape index (κ2) is 6.25. The minimum absolute atomic E-state index is 0.0729. The number of aryl methyl sites for hydroxylation is 2. The highest BCUT2D eigenvalue weighted by Crippen LogP contribution is 2.24. The van der Waals surface area contributed by atoms with Gasteiger partial charge in [0.1, 0.15) is 5.82 Å². The number of hydrogen-bond donors (Lipinski definition) is 2. The molecule has 0 aliphatic heterocycles. The first-order valence-corrected chi connectivity index (χ1v) is 6.73. The first-order valence-electron chi connectivity index (χ1n) is 6.73. The van der Waals surface area contributed by atoms with Crippen molar-refractivity contribution in [2.24, 2.45) is 17.9 Å². The number of aromatic nitrogens is 3. The lowest BCUT2D eigenvalue weighted by Crippen LogP contribution is -2.27. The van der Waals surface area contributed by atoms with Gasteiger partial charge in [-0.3, -0.25) is 9.67 Å². The Bertz CT molecular complexity index is 634. The van der Waals surface area contributed by atoms with Crippen molar-refractivity contribution in [1.29, 1.82) is 0 Å². The molecule has 0 aromatic carbocycles. The topological polar surface area (TPSA) is 92.6 Å². The summed E-state index contributed by atoms with van der Waals surface area (Å²) in [4.78, 5) is 6.15. The molecule has 0 amide bonds. The zero-order valence-corrected chi connectivity index (χ0v) is 12.5. The van der Waals surface area contributed by atoms with Gasteiger partial charge >= 0.3 is 0 Å². The summed E-state index contributed by atoms with van der Waals surface area (Å²) in [7, 11) is 1.85. The lowest BCUT2D eigenvalue weighted by atomic mass is 10.2. The summed E-state index contributed by atoms with van der Waals surface area (Å²) in [5.41, 5.74) is 8.34. The molecule has 0 saturated heterocycles. The van der Waals surface area contributed by atoms with Crippen LogP contribution in [0.2, 0.25) is 0 Å². The zero-order valence-electron chi connectivity index (χ0n) is 12.5. The largest absolute Gasteiger partial charge is 0.409 e. The Labute approximate surface area is 123 Å². The van der Waals surface area contributed by atoms with Gasteiger partial charge in [0.25, 0.3) is 0 Å². The zero-order chi connectivity index (χ0) is 15.4. The molecule has 7 heteroatoms. The molecule has 2 heterocycles. The van der Waals surface area contributed by atoms with Crippen LogP contribution in [0.3, 0.4) is 0 Å². The number of nitrogens with zero attached hydrogens (tertiary/aromatic N) is 5. The minimum Gasteiger partial charge on any atom is -0.409 e. The fraction of sp³-hybridized carbons (Fsp3) is 0.357. The van der Waals surface area contributed by atoms with Gasteiger partial charge < -0.3 is 15.8 Å². The molecule has 0 atom stereocenters. The molecule has 0 saturated carbocycles. The van der Waals surface area contributed by atoms with Crippen LogP contribution in [0.25, 0.3) is 0 Å². The molecule has 0 unspecified atom stereocenters. The van der Waals surface area contributed by atoms with Gasteiger partial charge in [0.15, 0.2) is 5.84 Å². The Hall–Kier alpha value is -2.57. The molecule has 2 aromatic rings. The van der Waals surface area contributed by atoms with Gasteiger partial charge in [-0.2, -0.15) is 5.10 Å². The number of pyridine rings is 1. The Morgan fingerprint density at radius 1 is 1.43 bits per heavy atom. The average Bonchev–Trinajstić information content (AvgIpc) is 2.79. The third-order valence-electron chi connectivity index (χ3n) is 3.36. The third-order valence-corrected chi connectivity index (χ3v) is 3.36. The van der Waals surface area contributed by atoms with Crippen LogP contribution in [0, 0.1) is 6.92 Å². The van der Waals surface area contributed by atoms with Crippen molar-refractivity contribution in [2.75, 3.05) is 11.4 Å². The molecule has 112 valence electrons. The quantitative estimate of drug-likeness (QED) is 0.374. The minimum atomic E-state index is 0.0729. The highest BCUT2D eigenvalue weighted by molar-refractivity contribution is 6.02. The smallest absolute Gasteiger partial charge is 0.175 e. The number of nitrogens with two attached hydrogens (primary N) is 1. The first kappa shape index (κ1) is 14.8. The van der Waals surface area contributed by atoms with E-state index in [1.54, 1.807) is 17.1 Å². The van der Waals surface area contributed by atoms with E-state index in [2.05, 4.69) is 27.1 Å². The molecule has 0 spiro atoms. The second-order valence-corrected chi connectivity index (χ2v) is 4.76. The number of rotatable bonds is 5. The Kier molecular flexibility index (Phi) is 4.42. The third kappa shape index (κ3) is 2.96. The molecular formula is C14H20N6O. The fourth-order valence-corrected chi connectivity index (χ4v) is 2.40. The van der Waals surface area contributed by atoms with Crippen molar-refractivity contribution >= 4 is 11.7 Å².